The number of nitrogens with zero attached hydrogens (tertiary/aromatic N) is 1. The second-order valence-corrected chi connectivity index (χ2v) is 6.56. The molecule has 1 heterocycles. The van der Waals surface area contributed by atoms with Crippen molar-refractivity contribution >= 4 is 23.5 Å². The van der Waals surface area contributed by atoms with E-state index in [9.17, 15) is 14.9 Å². The number of hydrogen-bond donors (Lipinski definition) is 1. The fourth-order valence-corrected chi connectivity index (χ4v) is 3.55. The van der Waals surface area contributed by atoms with Gasteiger partial charge in [-0.05, 0) is 26.3 Å². The van der Waals surface area contributed by atoms with Crippen LogP contribution in [0.25, 0.3) is 0 Å². The first-order chi connectivity index (χ1) is 12.0. The maximum atomic E-state index is 12.5. The van der Waals surface area contributed by atoms with Crippen molar-refractivity contribution in [2.45, 2.75) is 26.7 Å². The van der Waals surface area contributed by atoms with Gasteiger partial charge < -0.3 is 10.1 Å². The fraction of sp³-hybridized carbons (Fsp3) is 0.316. The van der Waals surface area contributed by atoms with Crippen molar-refractivity contribution in [3.8, 4) is 6.07 Å². The minimum atomic E-state index is -0.513. The van der Waals surface area contributed by atoms with Crippen molar-refractivity contribution in [1.82, 2.24) is 5.32 Å². The second-order valence-electron chi connectivity index (χ2n) is 5.57. The molecule has 0 aromatic heterocycles. The van der Waals surface area contributed by atoms with Gasteiger partial charge in [0.2, 0.25) is 0 Å². The number of rotatable bonds is 6. The van der Waals surface area contributed by atoms with Crippen LogP contribution in [0, 0.1) is 11.3 Å². The molecule has 0 fully saturated rings. The van der Waals surface area contributed by atoms with E-state index in [0.717, 1.165) is 5.56 Å². The highest BCUT2D eigenvalue weighted by atomic mass is 32.2. The van der Waals surface area contributed by atoms with Crippen LogP contribution < -0.4 is 5.32 Å². The maximum Gasteiger partial charge on any atom is 0.336 e. The highest BCUT2D eigenvalue weighted by molar-refractivity contribution is 8.03. The Bertz CT molecular complexity index is 776. The average Bonchev–Trinajstić information content (AvgIpc) is 2.60. The molecule has 130 valence electrons. The summed E-state index contributed by atoms with van der Waals surface area (Å²) in [5, 5.41) is 13.5. The van der Waals surface area contributed by atoms with E-state index >= 15 is 0 Å². The number of carbonyl (C=O) groups is 2. The number of nitrogens with one attached hydrogen (secondary N) is 1. The van der Waals surface area contributed by atoms with Crippen molar-refractivity contribution in [2.24, 2.45) is 0 Å². The number of carbonyl (C=O) groups excluding carboxylic acids is 2. The molecule has 0 aliphatic carbocycles. The third-order valence-corrected chi connectivity index (χ3v) is 4.86. The van der Waals surface area contributed by atoms with E-state index < -0.39 is 11.9 Å². The molecule has 0 spiro atoms. The maximum absolute atomic E-state index is 12.5. The third-order valence-electron chi connectivity index (χ3n) is 3.70. The van der Waals surface area contributed by atoms with Gasteiger partial charge in [0.1, 0.15) is 5.78 Å². The largest absolute Gasteiger partial charge is 0.463 e. The summed E-state index contributed by atoms with van der Waals surface area (Å²) in [5.74, 6) is -0.673. The van der Waals surface area contributed by atoms with Gasteiger partial charge in [-0.2, -0.15) is 5.26 Å². The summed E-state index contributed by atoms with van der Waals surface area (Å²) in [6.45, 7) is 5.29. The van der Waals surface area contributed by atoms with Gasteiger partial charge in [0.05, 0.1) is 40.5 Å². The number of benzene rings is 1. The molecule has 0 saturated heterocycles. The zero-order valence-electron chi connectivity index (χ0n) is 14.5. The van der Waals surface area contributed by atoms with E-state index in [1.54, 1.807) is 13.8 Å². The predicted molar refractivity (Wildman–Crippen MR) is 97.4 cm³/mol. The van der Waals surface area contributed by atoms with E-state index in [1.165, 1.54) is 18.7 Å². The summed E-state index contributed by atoms with van der Waals surface area (Å²) in [7, 11) is 0. The van der Waals surface area contributed by atoms with E-state index in [2.05, 4.69) is 11.4 Å². The second kappa shape index (κ2) is 8.54. The zero-order valence-corrected chi connectivity index (χ0v) is 15.3. The standard InChI is InChI=1S/C19H20N2O3S/c1-4-24-19(23)16-13(3)21-18(25-11-12(2)22)15(10-20)17(16)14-8-6-5-7-9-14/h5-9,17,21H,4,11H2,1-3H3. The molecule has 1 aliphatic rings. The van der Waals surface area contributed by atoms with Gasteiger partial charge in [-0.15, -0.1) is 0 Å². The van der Waals surface area contributed by atoms with Gasteiger partial charge >= 0.3 is 5.97 Å². The SMILES string of the molecule is CCOC(=O)C1=C(C)NC(SCC(C)=O)=C(C#N)C1c1ccccc1. The first-order valence-corrected chi connectivity index (χ1v) is 8.94. The number of Topliss-reactive ketones (excluding diaryl/α,β-unsaturated/α-hetero) is 1. The molecule has 2 rings (SSSR count). The van der Waals surface area contributed by atoms with Crippen molar-refractivity contribution in [2.75, 3.05) is 12.4 Å². The van der Waals surface area contributed by atoms with Gasteiger partial charge in [-0.1, -0.05) is 42.1 Å². The van der Waals surface area contributed by atoms with Crippen LogP contribution in [0.15, 0.2) is 52.2 Å². The quantitative estimate of drug-likeness (QED) is 0.788. The lowest BCUT2D eigenvalue weighted by Gasteiger charge is -2.29. The summed E-state index contributed by atoms with van der Waals surface area (Å²) in [5.41, 5.74) is 2.32. The van der Waals surface area contributed by atoms with Crippen molar-refractivity contribution in [3.63, 3.8) is 0 Å². The van der Waals surface area contributed by atoms with E-state index in [1.807, 2.05) is 30.3 Å². The fourth-order valence-electron chi connectivity index (χ4n) is 2.66. The molecule has 0 amide bonds. The van der Waals surface area contributed by atoms with E-state index in [0.29, 0.717) is 21.9 Å². The molecule has 0 bridgehead atoms. The Labute approximate surface area is 151 Å². The van der Waals surface area contributed by atoms with Gasteiger partial charge in [0, 0.05) is 5.70 Å². The van der Waals surface area contributed by atoms with Crippen LogP contribution in [0.4, 0.5) is 0 Å². The van der Waals surface area contributed by atoms with Crippen LogP contribution >= 0.6 is 11.8 Å². The van der Waals surface area contributed by atoms with Crippen LogP contribution in [0.2, 0.25) is 0 Å². The summed E-state index contributed by atoms with van der Waals surface area (Å²) in [6, 6.07) is 11.6. The number of dihydropyridines is 1. The average molecular weight is 356 g/mol. The lowest BCUT2D eigenvalue weighted by Crippen LogP contribution is -2.29. The van der Waals surface area contributed by atoms with Crippen molar-refractivity contribution in [3.05, 3.63) is 57.8 Å². The van der Waals surface area contributed by atoms with Crippen LogP contribution in [0.3, 0.4) is 0 Å². The number of ketones is 1. The minimum Gasteiger partial charge on any atom is -0.463 e. The molecule has 1 aromatic carbocycles. The number of hydrogen-bond acceptors (Lipinski definition) is 6. The van der Waals surface area contributed by atoms with Crippen LogP contribution in [-0.2, 0) is 14.3 Å². The number of allylic oxidation sites excluding steroid dienone is 2. The first kappa shape index (κ1) is 18.8. The molecular formula is C19H20N2O3S. The number of ether oxygens (including phenoxy) is 1. The Balaban J connectivity index is 2.55. The Morgan fingerprint density at radius 2 is 2.00 bits per heavy atom. The molecule has 1 aromatic rings. The number of esters is 1. The smallest absolute Gasteiger partial charge is 0.336 e. The summed E-state index contributed by atoms with van der Waals surface area (Å²) < 4.78 is 5.20. The Morgan fingerprint density at radius 1 is 1.32 bits per heavy atom. The molecule has 6 heteroatoms. The topological polar surface area (TPSA) is 79.2 Å². The van der Waals surface area contributed by atoms with Crippen LogP contribution in [0.5, 0.6) is 0 Å². The Morgan fingerprint density at radius 3 is 2.56 bits per heavy atom. The Kier molecular flexibility index (Phi) is 6.43. The molecule has 1 unspecified atom stereocenters. The van der Waals surface area contributed by atoms with Crippen molar-refractivity contribution in [1.29, 1.82) is 5.26 Å². The lowest BCUT2D eigenvalue weighted by atomic mass is 9.82. The van der Waals surface area contributed by atoms with Gasteiger partial charge in [0.25, 0.3) is 0 Å². The van der Waals surface area contributed by atoms with Gasteiger partial charge in [-0.25, -0.2) is 4.79 Å². The highest BCUT2D eigenvalue weighted by Gasteiger charge is 2.35. The van der Waals surface area contributed by atoms with Crippen molar-refractivity contribution < 1.29 is 14.3 Å². The van der Waals surface area contributed by atoms with Crippen LogP contribution in [0.1, 0.15) is 32.3 Å². The van der Waals surface area contributed by atoms with Crippen LogP contribution in [-0.4, -0.2) is 24.1 Å². The molecule has 25 heavy (non-hydrogen) atoms. The third kappa shape index (κ3) is 4.31. The highest BCUT2D eigenvalue weighted by Crippen LogP contribution is 2.40. The summed E-state index contributed by atoms with van der Waals surface area (Å²) in [4.78, 5) is 23.8. The summed E-state index contributed by atoms with van der Waals surface area (Å²) >= 11 is 1.28. The lowest BCUT2D eigenvalue weighted by molar-refractivity contribution is -0.138. The molecule has 5 nitrogen and oxygen atoms in total. The number of nitriles is 1. The van der Waals surface area contributed by atoms with Gasteiger partial charge in [-0.3, -0.25) is 4.79 Å². The zero-order chi connectivity index (χ0) is 18.4. The summed E-state index contributed by atoms with van der Waals surface area (Å²) in [6.07, 6.45) is 0. The molecule has 0 radical (unpaired) electrons. The molecule has 1 N–H and O–H groups in total. The monoisotopic (exact) mass is 356 g/mol. The van der Waals surface area contributed by atoms with Gasteiger partial charge in [0.15, 0.2) is 0 Å². The Hall–Kier alpha value is -2.52. The van der Waals surface area contributed by atoms with E-state index in [-0.39, 0.29) is 18.1 Å². The first-order valence-electron chi connectivity index (χ1n) is 7.95. The molecule has 0 saturated carbocycles. The molecule has 1 aliphatic heterocycles. The normalized spacial score (nSPS) is 17.0. The van der Waals surface area contributed by atoms with E-state index in [4.69, 9.17) is 4.74 Å². The minimum absolute atomic E-state index is 0.0191. The number of thioether (sulfide) groups is 1. The molecular weight excluding hydrogens is 336 g/mol. The predicted octanol–water partition coefficient (Wildman–Crippen LogP) is 3.27. The molecule has 1 atom stereocenters.